The number of hydrogen-bond donors (Lipinski definition) is 0. The summed E-state index contributed by atoms with van der Waals surface area (Å²) in [5.41, 5.74) is 0. The summed E-state index contributed by atoms with van der Waals surface area (Å²) in [6.45, 7) is 4.84. The molecule has 18 heavy (non-hydrogen) atoms. The van der Waals surface area contributed by atoms with Gasteiger partial charge in [-0.05, 0) is 31.4 Å². The van der Waals surface area contributed by atoms with Crippen molar-refractivity contribution < 1.29 is 4.79 Å². The molecular weight excluding hydrogens is 310 g/mol. The van der Waals surface area contributed by atoms with Crippen LogP contribution in [0.4, 0.5) is 0 Å². The zero-order valence-corrected chi connectivity index (χ0v) is 12.9. The zero-order valence-electron chi connectivity index (χ0n) is 10.5. The fourth-order valence-electron chi connectivity index (χ4n) is 1.91. The lowest BCUT2D eigenvalue weighted by Gasteiger charge is -2.25. The highest BCUT2D eigenvalue weighted by Crippen LogP contribution is 2.26. The van der Waals surface area contributed by atoms with Crippen LogP contribution in [0, 0.1) is 0 Å². The predicted octanol–water partition coefficient (Wildman–Crippen LogP) is 4.15. The maximum Gasteiger partial charge on any atom is 0.264 e. The monoisotopic (exact) mass is 325 g/mol. The van der Waals surface area contributed by atoms with Crippen molar-refractivity contribution in [3.8, 4) is 0 Å². The fourth-order valence-corrected chi connectivity index (χ4v) is 3.31. The zero-order chi connectivity index (χ0) is 13.1. The van der Waals surface area contributed by atoms with Gasteiger partial charge in [-0.3, -0.25) is 4.79 Å². The van der Waals surface area contributed by atoms with E-state index in [0.717, 1.165) is 22.1 Å². The number of benzene rings is 1. The van der Waals surface area contributed by atoms with Gasteiger partial charge in [0.05, 0.1) is 4.88 Å². The van der Waals surface area contributed by atoms with Crippen molar-refractivity contribution in [2.75, 3.05) is 11.9 Å². The summed E-state index contributed by atoms with van der Waals surface area (Å²) in [5, 5.41) is 1.95. The molecule has 1 heterocycles. The Bertz CT molecular complexity index is 516. The van der Waals surface area contributed by atoms with Gasteiger partial charge in [-0.1, -0.05) is 34.1 Å². The molecule has 96 valence electrons. The topological polar surface area (TPSA) is 20.3 Å². The molecule has 0 fully saturated rings. The van der Waals surface area contributed by atoms with Crippen LogP contribution in [-0.2, 0) is 0 Å². The summed E-state index contributed by atoms with van der Waals surface area (Å²) < 4.78 is 1.17. The molecule has 0 radical (unpaired) electrons. The number of halogens is 1. The molecule has 4 heteroatoms. The molecule has 0 bridgehead atoms. The van der Waals surface area contributed by atoms with Crippen molar-refractivity contribution in [1.82, 2.24) is 4.90 Å². The molecule has 0 aliphatic rings. The van der Waals surface area contributed by atoms with Gasteiger partial charge in [-0.25, -0.2) is 0 Å². The number of hydrogen-bond acceptors (Lipinski definition) is 2. The van der Waals surface area contributed by atoms with Crippen molar-refractivity contribution in [2.45, 2.75) is 19.9 Å². The van der Waals surface area contributed by atoms with Gasteiger partial charge in [0.15, 0.2) is 0 Å². The standard InChI is InChI=1S/C14H16BrNOS/c1-10(2)16(8-7-15)14(17)13-9-11-5-3-4-6-12(11)18-13/h3-6,9-10H,7-8H2,1-2H3. The van der Waals surface area contributed by atoms with Gasteiger partial charge in [0.2, 0.25) is 0 Å². The summed E-state index contributed by atoms with van der Waals surface area (Å²) in [7, 11) is 0. The number of alkyl halides is 1. The third-order valence-electron chi connectivity index (χ3n) is 2.85. The molecule has 0 aliphatic heterocycles. The fraction of sp³-hybridized carbons (Fsp3) is 0.357. The third kappa shape index (κ3) is 2.75. The maximum atomic E-state index is 12.5. The molecular formula is C14H16BrNOS. The van der Waals surface area contributed by atoms with E-state index in [1.54, 1.807) is 11.3 Å². The van der Waals surface area contributed by atoms with Crippen LogP contribution in [0.2, 0.25) is 0 Å². The second-order valence-corrected chi connectivity index (χ2v) is 6.31. The molecule has 0 spiro atoms. The van der Waals surface area contributed by atoms with Gasteiger partial charge >= 0.3 is 0 Å². The molecule has 0 unspecified atom stereocenters. The highest BCUT2D eigenvalue weighted by atomic mass is 79.9. The van der Waals surface area contributed by atoms with Crippen LogP contribution < -0.4 is 0 Å². The first-order chi connectivity index (χ1) is 8.63. The molecule has 0 N–H and O–H groups in total. The van der Waals surface area contributed by atoms with Gasteiger partial charge in [-0.15, -0.1) is 11.3 Å². The number of rotatable bonds is 4. The average molecular weight is 326 g/mol. The van der Waals surface area contributed by atoms with E-state index < -0.39 is 0 Å². The number of carbonyl (C=O) groups is 1. The molecule has 0 saturated carbocycles. The minimum atomic E-state index is 0.130. The molecule has 2 nitrogen and oxygen atoms in total. The molecule has 2 rings (SSSR count). The number of nitrogens with zero attached hydrogens (tertiary/aromatic N) is 1. The van der Waals surface area contributed by atoms with Crippen LogP contribution in [0.25, 0.3) is 10.1 Å². The summed E-state index contributed by atoms with van der Waals surface area (Å²) in [5.74, 6) is 0.130. The van der Waals surface area contributed by atoms with Crippen LogP contribution in [0.15, 0.2) is 30.3 Å². The Kier molecular flexibility index (Phi) is 4.40. The van der Waals surface area contributed by atoms with Crippen LogP contribution >= 0.6 is 27.3 Å². The summed E-state index contributed by atoms with van der Waals surface area (Å²) in [4.78, 5) is 15.2. The summed E-state index contributed by atoms with van der Waals surface area (Å²) in [6, 6.07) is 10.3. The van der Waals surface area contributed by atoms with Crippen molar-refractivity contribution in [1.29, 1.82) is 0 Å². The van der Waals surface area contributed by atoms with Crippen LogP contribution in [0.5, 0.6) is 0 Å². The molecule has 0 atom stereocenters. The Hall–Kier alpha value is -0.870. The lowest BCUT2D eigenvalue weighted by atomic mass is 10.2. The van der Waals surface area contributed by atoms with Crippen LogP contribution in [0.1, 0.15) is 23.5 Å². The van der Waals surface area contributed by atoms with Crippen molar-refractivity contribution >= 4 is 43.3 Å². The first kappa shape index (κ1) is 13.6. The van der Waals surface area contributed by atoms with E-state index in [9.17, 15) is 4.79 Å². The first-order valence-corrected chi connectivity index (χ1v) is 7.93. The average Bonchev–Trinajstić information content (AvgIpc) is 2.78. The minimum absolute atomic E-state index is 0.130. The van der Waals surface area contributed by atoms with Gasteiger partial charge in [0, 0.05) is 22.6 Å². The van der Waals surface area contributed by atoms with Gasteiger partial charge in [-0.2, -0.15) is 0 Å². The van der Waals surface area contributed by atoms with E-state index in [0.29, 0.717) is 0 Å². The number of amides is 1. The molecule has 1 amide bonds. The lowest BCUT2D eigenvalue weighted by Crippen LogP contribution is -2.37. The van der Waals surface area contributed by atoms with Crippen LogP contribution in [0.3, 0.4) is 0 Å². The Morgan fingerprint density at radius 3 is 2.72 bits per heavy atom. The van der Waals surface area contributed by atoms with Crippen molar-refractivity contribution in [3.63, 3.8) is 0 Å². The number of thiophene rings is 1. The van der Waals surface area contributed by atoms with E-state index in [1.165, 1.54) is 4.70 Å². The van der Waals surface area contributed by atoms with Crippen molar-refractivity contribution in [2.24, 2.45) is 0 Å². The Morgan fingerprint density at radius 1 is 1.39 bits per heavy atom. The molecule has 2 aromatic rings. The molecule has 1 aromatic heterocycles. The second-order valence-electron chi connectivity index (χ2n) is 4.43. The largest absolute Gasteiger partial charge is 0.335 e. The Morgan fingerprint density at radius 2 is 2.11 bits per heavy atom. The van der Waals surface area contributed by atoms with E-state index in [4.69, 9.17) is 0 Å². The van der Waals surface area contributed by atoms with E-state index in [1.807, 2.05) is 43.0 Å². The lowest BCUT2D eigenvalue weighted by molar-refractivity contribution is 0.0724. The molecule has 0 aliphatic carbocycles. The predicted molar refractivity (Wildman–Crippen MR) is 81.8 cm³/mol. The SMILES string of the molecule is CC(C)N(CCBr)C(=O)c1cc2ccccc2s1. The van der Waals surface area contributed by atoms with E-state index in [-0.39, 0.29) is 11.9 Å². The first-order valence-electron chi connectivity index (χ1n) is 5.99. The van der Waals surface area contributed by atoms with Gasteiger partial charge in [0.25, 0.3) is 5.91 Å². The Balaban J connectivity index is 2.31. The minimum Gasteiger partial charge on any atom is -0.335 e. The van der Waals surface area contributed by atoms with E-state index >= 15 is 0 Å². The number of carbonyl (C=O) groups excluding carboxylic acids is 1. The van der Waals surface area contributed by atoms with Crippen LogP contribution in [-0.4, -0.2) is 28.7 Å². The molecule has 0 saturated heterocycles. The molecule has 1 aromatic carbocycles. The maximum absolute atomic E-state index is 12.5. The van der Waals surface area contributed by atoms with Gasteiger partial charge < -0.3 is 4.90 Å². The smallest absolute Gasteiger partial charge is 0.264 e. The summed E-state index contributed by atoms with van der Waals surface area (Å²) in [6.07, 6.45) is 0. The highest BCUT2D eigenvalue weighted by molar-refractivity contribution is 9.09. The second kappa shape index (κ2) is 5.85. The van der Waals surface area contributed by atoms with Crippen molar-refractivity contribution in [3.05, 3.63) is 35.2 Å². The quantitative estimate of drug-likeness (QED) is 0.773. The van der Waals surface area contributed by atoms with Gasteiger partial charge in [0.1, 0.15) is 0 Å². The highest BCUT2D eigenvalue weighted by Gasteiger charge is 2.19. The van der Waals surface area contributed by atoms with E-state index in [2.05, 4.69) is 22.0 Å². The Labute approximate surface area is 120 Å². The third-order valence-corrected chi connectivity index (χ3v) is 4.30. The number of fused-ring (bicyclic) bond motifs is 1. The normalized spacial score (nSPS) is 11.1. The summed E-state index contributed by atoms with van der Waals surface area (Å²) >= 11 is 4.97.